The molecule has 2 N–H and O–H groups in total. The van der Waals surface area contributed by atoms with E-state index in [1.807, 2.05) is 0 Å². The molecule has 1 aliphatic rings. The number of aromatic nitrogens is 2. The molecule has 1 unspecified atom stereocenters. The maximum Gasteiger partial charge on any atom is 0.201 e. The van der Waals surface area contributed by atoms with E-state index in [4.69, 9.17) is 5.73 Å². The zero-order valence-electron chi connectivity index (χ0n) is 10.5. The number of anilines is 1. The number of imidazole rings is 1. The number of hydrogen-bond donors (Lipinski definition) is 1. The van der Waals surface area contributed by atoms with Crippen molar-refractivity contribution in [3.8, 4) is 0 Å². The van der Waals surface area contributed by atoms with Crippen LogP contribution in [0, 0.1) is 12.8 Å². The van der Waals surface area contributed by atoms with Gasteiger partial charge in [0.1, 0.15) is 0 Å². The Balaban J connectivity index is 2.13. The van der Waals surface area contributed by atoms with Gasteiger partial charge in [0.25, 0.3) is 0 Å². The van der Waals surface area contributed by atoms with E-state index in [0.717, 1.165) is 11.4 Å². The molecule has 17 heavy (non-hydrogen) atoms. The first-order valence-electron chi connectivity index (χ1n) is 6.41. The summed E-state index contributed by atoms with van der Waals surface area (Å²) in [5.41, 5.74) is 9.53. The highest BCUT2D eigenvalue weighted by molar-refractivity contribution is 5.79. The molecule has 0 amide bonds. The Morgan fingerprint density at radius 3 is 2.82 bits per heavy atom. The number of fused-ring (bicyclic) bond motifs is 1. The van der Waals surface area contributed by atoms with Gasteiger partial charge in [-0.15, -0.1) is 0 Å². The molecule has 0 spiro atoms. The molecule has 3 nitrogen and oxygen atoms in total. The molecule has 0 bridgehead atoms. The molecule has 1 aromatic heterocycles. The average Bonchev–Trinajstić information content (AvgIpc) is 2.50. The second-order valence-corrected chi connectivity index (χ2v) is 5.26. The lowest BCUT2D eigenvalue weighted by atomic mass is 9.80. The Morgan fingerprint density at radius 2 is 2.18 bits per heavy atom. The van der Waals surface area contributed by atoms with Crippen molar-refractivity contribution in [3.05, 3.63) is 23.8 Å². The fourth-order valence-electron chi connectivity index (χ4n) is 2.78. The zero-order chi connectivity index (χ0) is 12.0. The van der Waals surface area contributed by atoms with Crippen LogP contribution in [-0.2, 0) is 0 Å². The van der Waals surface area contributed by atoms with Gasteiger partial charge in [0.2, 0.25) is 5.95 Å². The zero-order valence-corrected chi connectivity index (χ0v) is 10.5. The first-order valence-corrected chi connectivity index (χ1v) is 6.41. The molecule has 0 aliphatic heterocycles. The first kappa shape index (κ1) is 10.6. The Morgan fingerprint density at radius 1 is 1.41 bits per heavy atom. The van der Waals surface area contributed by atoms with Crippen LogP contribution in [0.15, 0.2) is 18.2 Å². The lowest BCUT2D eigenvalue weighted by Crippen LogP contribution is -2.23. The van der Waals surface area contributed by atoms with Crippen LogP contribution in [0.1, 0.15) is 37.8 Å². The number of nitrogen functional groups attached to an aromatic ring is 1. The van der Waals surface area contributed by atoms with Gasteiger partial charge in [-0.2, -0.15) is 0 Å². The van der Waals surface area contributed by atoms with E-state index in [9.17, 15) is 0 Å². The maximum atomic E-state index is 6.07. The van der Waals surface area contributed by atoms with Crippen LogP contribution in [0.2, 0.25) is 0 Å². The van der Waals surface area contributed by atoms with Crippen LogP contribution >= 0.6 is 0 Å². The van der Waals surface area contributed by atoms with Gasteiger partial charge in [0, 0.05) is 6.04 Å². The maximum absolute atomic E-state index is 6.07. The predicted octanol–water partition coefficient (Wildman–Crippen LogP) is 3.29. The predicted molar refractivity (Wildman–Crippen MR) is 70.9 cm³/mol. The van der Waals surface area contributed by atoms with Crippen molar-refractivity contribution in [1.82, 2.24) is 9.55 Å². The monoisotopic (exact) mass is 229 g/mol. The SMILES string of the molecule is Cc1ccc2nc(N)n(C(C)C3CCC3)c2c1. The summed E-state index contributed by atoms with van der Waals surface area (Å²) in [4.78, 5) is 4.46. The van der Waals surface area contributed by atoms with Crippen LogP contribution in [-0.4, -0.2) is 9.55 Å². The van der Waals surface area contributed by atoms with Crippen molar-refractivity contribution < 1.29 is 0 Å². The van der Waals surface area contributed by atoms with Gasteiger partial charge in [-0.1, -0.05) is 12.5 Å². The van der Waals surface area contributed by atoms with Crippen molar-refractivity contribution in [2.45, 2.75) is 39.2 Å². The molecule has 1 aromatic carbocycles. The summed E-state index contributed by atoms with van der Waals surface area (Å²) in [5.74, 6) is 1.43. The van der Waals surface area contributed by atoms with E-state index in [1.54, 1.807) is 0 Å². The molecule has 2 aromatic rings. The molecule has 1 atom stereocenters. The Bertz CT molecular complexity index is 552. The topological polar surface area (TPSA) is 43.8 Å². The van der Waals surface area contributed by atoms with E-state index < -0.39 is 0 Å². The van der Waals surface area contributed by atoms with Gasteiger partial charge in [0.15, 0.2) is 0 Å². The second kappa shape index (κ2) is 3.76. The Kier molecular flexibility index (Phi) is 2.35. The lowest BCUT2D eigenvalue weighted by Gasteiger charge is -2.33. The van der Waals surface area contributed by atoms with Crippen LogP contribution in [0.4, 0.5) is 5.95 Å². The average molecular weight is 229 g/mol. The van der Waals surface area contributed by atoms with Gasteiger partial charge < -0.3 is 10.3 Å². The number of aryl methyl sites for hydroxylation is 1. The number of hydrogen-bond acceptors (Lipinski definition) is 2. The molecule has 0 saturated heterocycles. The lowest BCUT2D eigenvalue weighted by molar-refractivity contribution is 0.227. The third-order valence-corrected chi connectivity index (χ3v) is 4.11. The van der Waals surface area contributed by atoms with Gasteiger partial charge >= 0.3 is 0 Å². The van der Waals surface area contributed by atoms with Gasteiger partial charge in [0.05, 0.1) is 11.0 Å². The van der Waals surface area contributed by atoms with E-state index in [1.165, 1.54) is 30.3 Å². The highest BCUT2D eigenvalue weighted by Gasteiger charge is 2.27. The van der Waals surface area contributed by atoms with Crippen LogP contribution in [0.25, 0.3) is 11.0 Å². The summed E-state index contributed by atoms with van der Waals surface area (Å²) < 4.78 is 2.21. The van der Waals surface area contributed by atoms with E-state index >= 15 is 0 Å². The molecule has 3 rings (SSSR count). The smallest absolute Gasteiger partial charge is 0.201 e. The van der Waals surface area contributed by atoms with E-state index in [-0.39, 0.29) is 0 Å². The van der Waals surface area contributed by atoms with E-state index in [2.05, 4.69) is 41.6 Å². The third kappa shape index (κ3) is 1.61. The normalized spacial score (nSPS) is 18.2. The van der Waals surface area contributed by atoms with Gasteiger partial charge in [-0.3, -0.25) is 0 Å². The van der Waals surface area contributed by atoms with Crippen molar-refractivity contribution in [2.75, 3.05) is 5.73 Å². The quantitative estimate of drug-likeness (QED) is 0.858. The van der Waals surface area contributed by atoms with Crippen LogP contribution in [0.3, 0.4) is 0 Å². The molecule has 0 radical (unpaired) electrons. The molecular formula is C14H19N3. The summed E-state index contributed by atoms with van der Waals surface area (Å²) in [6.07, 6.45) is 4.01. The number of rotatable bonds is 2. The minimum atomic E-state index is 0.468. The summed E-state index contributed by atoms with van der Waals surface area (Å²) in [5, 5.41) is 0. The first-order chi connectivity index (χ1) is 8.16. The molecule has 1 saturated carbocycles. The van der Waals surface area contributed by atoms with Crippen molar-refractivity contribution in [2.24, 2.45) is 5.92 Å². The standard InChI is InChI=1S/C14H19N3/c1-9-6-7-12-13(8-9)17(14(15)16-12)10(2)11-4-3-5-11/h6-8,10-11H,3-5H2,1-2H3,(H2,15,16). The highest BCUT2D eigenvalue weighted by atomic mass is 15.2. The Labute approximate surface area is 102 Å². The van der Waals surface area contributed by atoms with Crippen molar-refractivity contribution >= 4 is 17.0 Å². The summed E-state index contributed by atoms with van der Waals surface area (Å²) in [6.45, 7) is 4.38. The minimum Gasteiger partial charge on any atom is -0.369 e. The van der Waals surface area contributed by atoms with Crippen LogP contribution in [0.5, 0.6) is 0 Å². The van der Waals surface area contributed by atoms with E-state index in [0.29, 0.717) is 12.0 Å². The number of nitrogens with zero attached hydrogens (tertiary/aromatic N) is 2. The Hall–Kier alpha value is -1.51. The molecule has 1 fully saturated rings. The highest BCUT2D eigenvalue weighted by Crippen LogP contribution is 2.38. The molecule has 1 heterocycles. The molecule has 3 heteroatoms. The fourth-order valence-corrected chi connectivity index (χ4v) is 2.78. The number of nitrogens with two attached hydrogens (primary N) is 1. The summed E-state index contributed by atoms with van der Waals surface area (Å²) >= 11 is 0. The second-order valence-electron chi connectivity index (χ2n) is 5.26. The molecular weight excluding hydrogens is 210 g/mol. The number of benzene rings is 1. The van der Waals surface area contributed by atoms with Gasteiger partial charge in [-0.05, 0) is 50.3 Å². The largest absolute Gasteiger partial charge is 0.369 e. The molecule has 1 aliphatic carbocycles. The minimum absolute atomic E-state index is 0.468. The van der Waals surface area contributed by atoms with Gasteiger partial charge in [-0.25, -0.2) is 4.98 Å². The van der Waals surface area contributed by atoms with Crippen LogP contribution < -0.4 is 5.73 Å². The third-order valence-electron chi connectivity index (χ3n) is 4.11. The van der Waals surface area contributed by atoms with Crippen molar-refractivity contribution in [3.63, 3.8) is 0 Å². The summed E-state index contributed by atoms with van der Waals surface area (Å²) in [7, 11) is 0. The molecule has 90 valence electrons. The fraction of sp³-hybridized carbons (Fsp3) is 0.500. The summed E-state index contributed by atoms with van der Waals surface area (Å²) in [6, 6.07) is 6.81. The van der Waals surface area contributed by atoms with Crippen molar-refractivity contribution in [1.29, 1.82) is 0 Å².